The predicted molar refractivity (Wildman–Crippen MR) is 73.5 cm³/mol. The minimum absolute atomic E-state index is 0.365. The van der Waals surface area contributed by atoms with Crippen LogP contribution in [0.3, 0.4) is 0 Å². The van der Waals surface area contributed by atoms with Crippen LogP contribution >= 0.6 is 15.9 Å². The zero-order valence-electron chi connectivity index (χ0n) is 10.4. The summed E-state index contributed by atoms with van der Waals surface area (Å²) < 4.78 is 6.79. The summed E-state index contributed by atoms with van der Waals surface area (Å²) in [6, 6.07) is 2.02. The third-order valence-corrected chi connectivity index (χ3v) is 4.17. The third kappa shape index (κ3) is 2.99. The van der Waals surface area contributed by atoms with Gasteiger partial charge in [-0.1, -0.05) is 0 Å². The molecule has 0 aliphatic carbocycles. The molecule has 0 amide bonds. The predicted octanol–water partition coefficient (Wildman–Crippen LogP) is 3.16. The van der Waals surface area contributed by atoms with Crippen molar-refractivity contribution < 1.29 is 4.74 Å². The van der Waals surface area contributed by atoms with Crippen LogP contribution in [-0.2, 0) is 4.74 Å². The molecule has 1 fully saturated rings. The number of halogens is 1. The molecule has 3 nitrogen and oxygen atoms in total. The van der Waals surface area contributed by atoms with Gasteiger partial charge < -0.3 is 9.64 Å². The number of ether oxygens (including phenoxy) is 1. The molecule has 4 heteroatoms. The van der Waals surface area contributed by atoms with E-state index in [1.54, 1.807) is 0 Å². The fraction of sp³-hybridized carbons (Fsp3) is 0.615. The number of nitrogens with zero attached hydrogens (tertiary/aromatic N) is 2. The van der Waals surface area contributed by atoms with Crippen molar-refractivity contribution in [2.45, 2.75) is 32.8 Å². The average Bonchev–Trinajstić information content (AvgIpc) is 2.83. The Hall–Kier alpha value is -0.610. The summed E-state index contributed by atoms with van der Waals surface area (Å²) in [4.78, 5) is 6.76. The van der Waals surface area contributed by atoms with Gasteiger partial charge in [-0.15, -0.1) is 0 Å². The number of anilines is 1. The maximum absolute atomic E-state index is 5.69. The van der Waals surface area contributed by atoms with Crippen LogP contribution in [-0.4, -0.2) is 30.8 Å². The fourth-order valence-corrected chi connectivity index (χ4v) is 2.63. The smallest absolute Gasteiger partial charge is 0.143 e. The van der Waals surface area contributed by atoms with E-state index in [2.05, 4.69) is 39.7 Å². The first kappa shape index (κ1) is 12.8. The second kappa shape index (κ2) is 5.83. The average molecular weight is 299 g/mol. The molecule has 0 radical (unpaired) electrons. The second-order valence-electron chi connectivity index (χ2n) is 4.44. The molecule has 1 aromatic rings. The monoisotopic (exact) mass is 298 g/mol. The van der Waals surface area contributed by atoms with E-state index >= 15 is 0 Å². The van der Waals surface area contributed by atoms with Gasteiger partial charge in [-0.05, 0) is 54.2 Å². The quantitative estimate of drug-likeness (QED) is 0.854. The molecule has 0 N–H and O–H groups in total. The summed E-state index contributed by atoms with van der Waals surface area (Å²) in [7, 11) is 0. The Morgan fingerprint density at radius 3 is 3.06 bits per heavy atom. The van der Waals surface area contributed by atoms with Gasteiger partial charge in [0.05, 0.1) is 10.6 Å². The molecule has 1 atom stereocenters. The highest BCUT2D eigenvalue weighted by Gasteiger charge is 2.20. The van der Waals surface area contributed by atoms with Crippen molar-refractivity contribution in [3.8, 4) is 0 Å². The summed E-state index contributed by atoms with van der Waals surface area (Å²) >= 11 is 3.63. The van der Waals surface area contributed by atoms with E-state index in [4.69, 9.17) is 4.74 Å². The Morgan fingerprint density at radius 1 is 1.59 bits per heavy atom. The number of aryl methyl sites for hydroxylation is 1. The number of hydrogen-bond acceptors (Lipinski definition) is 3. The summed E-state index contributed by atoms with van der Waals surface area (Å²) in [6.45, 7) is 7.05. The molecule has 0 bridgehead atoms. The van der Waals surface area contributed by atoms with Crippen LogP contribution in [0.2, 0.25) is 0 Å². The van der Waals surface area contributed by atoms with E-state index in [0.717, 1.165) is 30.0 Å². The van der Waals surface area contributed by atoms with E-state index in [9.17, 15) is 0 Å². The van der Waals surface area contributed by atoms with Gasteiger partial charge in [-0.3, -0.25) is 0 Å². The first-order valence-corrected chi connectivity index (χ1v) is 6.99. The SMILES string of the molecule is CCN(CC1CCCO1)c1nccc(C)c1Br. The van der Waals surface area contributed by atoms with E-state index in [1.807, 2.05) is 12.3 Å². The first-order chi connectivity index (χ1) is 8.22. The van der Waals surface area contributed by atoms with Crippen LogP contribution in [0.1, 0.15) is 25.3 Å². The molecule has 0 spiro atoms. The maximum Gasteiger partial charge on any atom is 0.143 e. The van der Waals surface area contributed by atoms with Gasteiger partial charge in [0.25, 0.3) is 0 Å². The van der Waals surface area contributed by atoms with Gasteiger partial charge in [0.2, 0.25) is 0 Å². The van der Waals surface area contributed by atoms with Crippen molar-refractivity contribution in [3.63, 3.8) is 0 Å². The minimum atomic E-state index is 0.365. The number of pyridine rings is 1. The Morgan fingerprint density at radius 2 is 2.41 bits per heavy atom. The number of hydrogen-bond donors (Lipinski definition) is 0. The van der Waals surface area contributed by atoms with Crippen LogP contribution in [0.4, 0.5) is 5.82 Å². The second-order valence-corrected chi connectivity index (χ2v) is 5.23. The van der Waals surface area contributed by atoms with Gasteiger partial charge in [0.1, 0.15) is 5.82 Å². The van der Waals surface area contributed by atoms with Crippen LogP contribution in [0.25, 0.3) is 0 Å². The van der Waals surface area contributed by atoms with Crippen LogP contribution in [0.5, 0.6) is 0 Å². The highest BCUT2D eigenvalue weighted by molar-refractivity contribution is 9.10. The van der Waals surface area contributed by atoms with Crippen molar-refractivity contribution in [3.05, 3.63) is 22.3 Å². The molecule has 1 aliphatic heterocycles. The van der Waals surface area contributed by atoms with Crippen LogP contribution in [0.15, 0.2) is 16.7 Å². The van der Waals surface area contributed by atoms with E-state index < -0.39 is 0 Å². The lowest BCUT2D eigenvalue weighted by molar-refractivity contribution is 0.115. The first-order valence-electron chi connectivity index (χ1n) is 6.20. The number of rotatable bonds is 4. The van der Waals surface area contributed by atoms with Crippen molar-refractivity contribution in [2.75, 3.05) is 24.6 Å². The normalized spacial score (nSPS) is 19.6. The Kier molecular flexibility index (Phi) is 4.40. The van der Waals surface area contributed by atoms with Crippen molar-refractivity contribution >= 4 is 21.7 Å². The fourth-order valence-electron chi connectivity index (χ4n) is 2.15. The third-order valence-electron chi connectivity index (χ3n) is 3.19. The molecule has 1 saturated heterocycles. The van der Waals surface area contributed by atoms with Crippen LogP contribution in [0, 0.1) is 6.92 Å². The van der Waals surface area contributed by atoms with Gasteiger partial charge in [-0.2, -0.15) is 0 Å². The van der Waals surface area contributed by atoms with Crippen molar-refractivity contribution in [1.29, 1.82) is 0 Å². The van der Waals surface area contributed by atoms with E-state index in [0.29, 0.717) is 6.10 Å². The van der Waals surface area contributed by atoms with E-state index in [-0.39, 0.29) is 0 Å². The largest absolute Gasteiger partial charge is 0.376 e. The lowest BCUT2D eigenvalue weighted by Crippen LogP contribution is -2.33. The van der Waals surface area contributed by atoms with Crippen molar-refractivity contribution in [1.82, 2.24) is 4.98 Å². The Balaban J connectivity index is 2.13. The van der Waals surface area contributed by atoms with Gasteiger partial charge in [0.15, 0.2) is 0 Å². The lowest BCUT2D eigenvalue weighted by atomic mass is 10.2. The number of aromatic nitrogens is 1. The van der Waals surface area contributed by atoms with E-state index in [1.165, 1.54) is 18.4 Å². The maximum atomic E-state index is 5.69. The summed E-state index contributed by atoms with van der Waals surface area (Å²) in [5, 5.41) is 0. The highest BCUT2D eigenvalue weighted by atomic mass is 79.9. The lowest BCUT2D eigenvalue weighted by Gasteiger charge is -2.26. The van der Waals surface area contributed by atoms with Crippen LogP contribution < -0.4 is 4.90 Å². The summed E-state index contributed by atoms with van der Waals surface area (Å²) in [5.74, 6) is 1.03. The highest BCUT2D eigenvalue weighted by Crippen LogP contribution is 2.27. The standard InChI is InChI=1S/C13H19BrN2O/c1-3-16(9-11-5-4-8-17-11)13-12(14)10(2)6-7-15-13/h6-7,11H,3-5,8-9H2,1-2H3. The zero-order chi connectivity index (χ0) is 12.3. The molecule has 0 saturated carbocycles. The molecule has 1 aromatic heterocycles. The van der Waals surface area contributed by atoms with Crippen molar-refractivity contribution in [2.24, 2.45) is 0 Å². The van der Waals surface area contributed by atoms with Gasteiger partial charge in [-0.25, -0.2) is 4.98 Å². The summed E-state index contributed by atoms with van der Waals surface area (Å²) in [6.07, 6.45) is 4.59. The topological polar surface area (TPSA) is 25.4 Å². The Labute approximate surface area is 111 Å². The number of likely N-dealkylation sites (N-methyl/N-ethyl adjacent to an activating group) is 1. The molecular formula is C13H19BrN2O. The van der Waals surface area contributed by atoms with Gasteiger partial charge in [0, 0.05) is 25.9 Å². The van der Waals surface area contributed by atoms with Gasteiger partial charge >= 0.3 is 0 Å². The molecule has 17 heavy (non-hydrogen) atoms. The molecule has 2 heterocycles. The molecule has 2 rings (SSSR count). The molecule has 1 unspecified atom stereocenters. The Bertz CT molecular complexity index is 378. The summed E-state index contributed by atoms with van der Waals surface area (Å²) in [5.41, 5.74) is 1.22. The molecular weight excluding hydrogens is 280 g/mol. The molecule has 0 aromatic carbocycles. The zero-order valence-corrected chi connectivity index (χ0v) is 12.0. The molecule has 1 aliphatic rings. The molecule has 94 valence electrons. The minimum Gasteiger partial charge on any atom is -0.376 e.